The average Bonchev–Trinajstić information content (AvgIpc) is 3.56. The third kappa shape index (κ3) is 9.43. The highest BCUT2D eigenvalue weighted by Crippen LogP contribution is 2.25. The van der Waals surface area contributed by atoms with Crippen LogP contribution < -0.4 is 15.4 Å². The third-order valence-corrected chi connectivity index (χ3v) is 7.91. The number of rotatable bonds is 12. The number of ketones is 2. The number of unbranched alkanes of at least 4 members (excludes halogenated alkanes) is 2. The van der Waals surface area contributed by atoms with Crippen LogP contribution in [-0.4, -0.2) is 51.3 Å². The van der Waals surface area contributed by atoms with Gasteiger partial charge in [-0.3, -0.25) is 24.4 Å². The van der Waals surface area contributed by atoms with E-state index in [0.717, 1.165) is 41.7 Å². The monoisotopic (exact) mass is 663 g/mol. The number of fused-ring (bicyclic) bond motifs is 2. The molecule has 0 spiro atoms. The average molecular weight is 664 g/mol. The zero-order valence-corrected chi connectivity index (χ0v) is 26.5. The van der Waals surface area contributed by atoms with Crippen LogP contribution in [0.1, 0.15) is 86.7 Å². The zero-order chi connectivity index (χ0) is 34.8. The second-order valence-electron chi connectivity index (χ2n) is 11.4. The molecule has 1 aliphatic heterocycles. The summed E-state index contributed by atoms with van der Waals surface area (Å²) in [7, 11) is 0. The normalized spacial score (nSPS) is 14.7. The molecule has 3 heterocycles. The van der Waals surface area contributed by atoms with E-state index in [-0.39, 0.29) is 29.9 Å². The summed E-state index contributed by atoms with van der Waals surface area (Å²) >= 11 is 0. The number of carbonyl (C=O) groups is 4. The minimum absolute atomic E-state index is 0.0375. The molecule has 0 fully saturated rings. The highest BCUT2D eigenvalue weighted by Gasteiger charge is 2.32. The number of hydrogen-bond donors (Lipinski definition) is 2. The first-order valence-corrected chi connectivity index (χ1v) is 15.6. The Bertz CT molecular complexity index is 1820. The van der Waals surface area contributed by atoms with Gasteiger partial charge in [0, 0.05) is 30.2 Å². The number of carboxylic acids is 1. The molecule has 0 bridgehead atoms. The van der Waals surface area contributed by atoms with Crippen LogP contribution in [0, 0.1) is 0 Å². The predicted molar refractivity (Wildman–Crippen MR) is 170 cm³/mol. The zero-order valence-electron chi connectivity index (χ0n) is 26.5. The maximum Gasteiger partial charge on any atom is 0.430 e. The van der Waals surface area contributed by atoms with E-state index < -0.39 is 18.2 Å². The molecule has 0 aliphatic carbocycles. The number of nitrogens with one attached hydrogen (secondary N) is 3. The van der Waals surface area contributed by atoms with Gasteiger partial charge in [0.15, 0.2) is 11.5 Å². The lowest BCUT2D eigenvalue weighted by atomic mass is 9.95. The number of aromatic nitrogens is 3. The lowest BCUT2D eigenvalue weighted by Gasteiger charge is -2.20. The second-order valence-corrected chi connectivity index (χ2v) is 11.4. The van der Waals surface area contributed by atoms with Crippen molar-refractivity contribution in [2.24, 2.45) is 4.99 Å². The Morgan fingerprint density at radius 3 is 2.48 bits per heavy atom. The van der Waals surface area contributed by atoms with Gasteiger partial charge >= 0.3 is 6.18 Å². The number of Topliss-reactive ketones (excluding diaryl/α,β-unsaturated/α-hetero) is 2. The summed E-state index contributed by atoms with van der Waals surface area (Å²) in [5.41, 5.74) is 3.71. The topological polar surface area (TPSA) is 159 Å². The largest absolute Gasteiger partial charge is 0.542 e. The molecule has 252 valence electrons. The van der Waals surface area contributed by atoms with Crippen molar-refractivity contribution in [2.45, 2.75) is 77.1 Å². The van der Waals surface area contributed by atoms with Gasteiger partial charge in [0.1, 0.15) is 30.0 Å². The molecule has 1 unspecified atom stereocenters. The molecule has 3 N–H and O–H groups in total. The summed E-state index contributed by atoms with van der Waals surface area (Å²) < 4.78 is 31.5. The van der Waals surface area contributed by atoms with Gasteiger partial charge in [-0.05, 0) is 54.8 Å². The molecule has 0 saturated carbocycles. The summed E-state index contributed by atoms with van der Waals surface area (Å²) in [6.07, 6.45) is 2.74. The molecule has 48 heavy (non-hydrogen) atoms. The molecule has 1 amide bonds. The molecule has 0 radical (unpaired) electrons. The van der Waals surface area contributed by atoms with E-state index in [4.69, 9.17) is 9.90 Å². The van der Waals surface area contributed by atoms with E-state index in [1.165, 1.54) is 5.39 Å². The first-order valence-electron chi connectivity index (χ1n) is 15.6. The first-order chi connectivity index (χ1) is 22.9. The van der Waals surface area contributed by atoms with Crippen molar-refractivity contribution in [3.05, 3.63) is 84.1 Å². The molecule has 5 rings (SSSR count). The van der Waals surface area contributed by atoms with Gasteiger partial charge in [0.2, 0.25) is 5.91 Å². The van der Waals surface area contributed by atoms with Gasteiger partial charge in [-0.2, -0.15) is 13.2 Å². The van der Waals surface area contributed by atoms with Crippen LogP contribution in [0.5, 0.6) is 0 Å². The van der Waals surface area contributed by atoms with Crippen molar-refractivity contribution in [1.82, 2.24) is 15.3 Å². The molecule has 2 aromatic heterocycles. The maximum absolute atomic E-state index is 13.3. The molecule has 4 aromatic rings. The lowest BCUT2D eigenvalue weighted by molar-refractivity contribution is -0.391. The van der Waals surface area contributed by atoms with E-state index in [9.17, 15) is 27.6 Å². The van der Waals surface area contributed by atoms with Crippen LogP contribution in [0.3, 0.4) is 0 Å². The Labute approximate surface area is 274 Å². The summed E-state index contributed by atoms with van der Waals surface area (Å²) in [5.74, 6) is -2.37. The number of aliphatic imine (C=N–C) groups is 1. The van der Waals surface area contributed by atoms with Crippen molar-refractivity contribution in [3.8, 4) is 11.3 Å². The minimum atomic E-state index is -5.19. The number of aromatic amines is 2. The van der Waals surface area contributed by atoms with Gasteiger partial charge in [-0.15, -0.1) is 0 Å². The van der Waals surface area contributed by atoms with E-state index in [2.05, 4.69) is 55.6 Å². The van der Waals surface area contributed by atoms with Gasteiger partial charge < -0.3 is 15.2 Å². The number of pyridine rings is 1. The highest BCUT2D eigenvalue weighted by molar-refractivity contribution is 6.15. The number of amides is 1. The fourth-order valence-corrected chi connectivity index (χ4v) is 5.37. The smallest absolute Gasteiger partial charge is 0.430 e. The van der Waals surface area contributed by atoms with Crippen LogP contribution in [-0.2, 0) is 14.4 Å². The molecule has 10 nitrogen and oxygen atoms in total. The number of benzene rings is 2. The number of nitrogens with zero attached hydrogens (tertiary/aromatic N) is 2. The Morgan fingerprint density at radius 1 is 1.04 bits per heavy atom. The molecule has 1 aliphatic rings. The number of hydrogen-bond acceptors (Lipinski definition) is 7. The molecule has 2 atom stereocenters. The van der Waals surface area contributed by atoms with Crippen molar-refractivity contribution >= 4 is 39.9 Å². The third-order valence-electron chi connectivity index (χ3n) is 7.91. The SMILES string of the molecule is CCC(=O)CCCCC[C@H](NC(=O)CC1N=C(C)c2ncccc2C1=O)c1[nH]c(-c2ccc3ccccc3c2)c[nH+]1.O=C([O-])C(F)(F)F. The fourth-order valence-electron chi connectivity index (χ4n) is 5.37. The van der Waals surface area contributed by atoms with E-state index in [0.29, 0.717) is 36.2 Å². The second kappa shape index (κ2) is 16.1. The van der Waals surface area contributed by atoms with Gasteiger partial charge in [0.05, 0.1) is 17.8 Å². The summed E-state index contributed by atoms with van der Waals surface area (Å²) in [6, 6.07) is 16.9. The Morgan fingerprint density at radius 2 is 1.77 bits per heavy atom. The van der Waals surface area contributed by atoms with Crippen LogP contribution in [0.25, 0.3) is 22.0 Å². The van der Waals surface area contributed by atoms with Crippen molar-refractivity contribution < 1.29 is 42.4 Å². The summed E-state index contributed by atoms with van der Waals surface area (Å²) in [4.78, 5) is 62.4. The lowest BCUT2D eigenvalue weighted by Crippen LogP contribution is -2.37. The Kier molecular flexibility index (Phi) is 11.9. The number of carboxylic acid groups (broad SMARTS) is 1. The molecule has 13 heteroatoms. The molecule has 0 saturated heterocycles. The van der Waals surface area contributed by atoms with Gasteiger partial charge in [-0.25, -0.2) is 9.97 Å². The quantitative estimate of drug-likeness (QED) is 0.205. The van der Waals surface area contributed by atoms with E-state index in [1.54, 1.807) is 18.3 Å². The number of carbonyl (C=O) groups excluding carboxylic acids is 4. The molecular weight excluding hydrogens is 627 g/mol. The number of aliphatic carboxylic acids is 1. The van der Waals surface area contributed by atoms with E-state index in [1.807, 2.05) is 32.2 Å². The summed E-state index contributed by atoms with van der Waals surface area (Å²) in [6.45, 7) is 3.71. The Balaban J connectivity index is 0.000000671. The summed E-state index contributed by atoms with van der Waals surface area (Å²) in [5, 5.41) is 14.2. The number of alkyl halides is 3. The van der Waals surface area contributed by atoms with Gasteiger partial charge in [-0.1, -0.05) is 50.1 Å². The minimum Gasteiger partial charge on any atom is -0.542 e. The number of H-pyrrole nitrogens is 2. The number of halogens is 3. The highest BCUT2D eigenvalue weighted by atomic mass is 19.4. The Hall–Kier alpha value is -5.20. The molecule has 2 aromatic carbocycles. The van der Waals surface area contributed by atoms with E-state index >= 15 is 0 Å². The number of imidazole rings is 1. The predicted octanol–water partition coefficient (Wildman–Crippen LogP) is 4.89. The fraction of sp³-hybridized carbons (Fsp3) is 0.343. The van der Waals surface area contributed by atoms with Crippen molar-refractivity contribution in [1.29, 1.82) is 0 Å². The van der Waals surface area contributed by atoms with Crippen LogP contribution in [0.2, 0.25) is 0 Å². The maximum atomic E-state index is 13.3. The van der Waals surface area contributed by atoms with Crippen LogP contribution in [0.4, 0.5) is 13.2 Å². The van der Waals surface area contributed by atoms with Crippen LogP contribution >= 0.6 is 0 Å². The molecular formula is C35H36F3N5O5. The first kappa shape index (κ1) is 35.7. The standard InChI is InChI=1S/C33H35N5O3.C2HF3O2/c1-3-25(39)12-5-4-6-14-27(33-35-20-29(38-33)24-16-15-22-10-7-8-11-23(22)18-24)37-30(40)19-28-32(41)26-13-9-17-34-31(26)21(2)36-28;3-2(4,5)1(6)7/h7-11,13,15-18,20,27-28H,3-6,12,14,19H2,1-2H3,(H,35,38)(H,37,40);(H,6,7)/t27-,28?;/m0./s1. The van der Waals surface area contributed by atoms with Crippen molar-refractivity contribution in [2.75, 3.05) is 0 Å². The van der Waals surface area contributed by atoms with Gasteiger partial charge in [0.25, 0.3) is 5.82 Å². The van der Waals surface area contributed by atoms with Crippen LogP contribution in [0.15, 0.2) is 72.0 Å². The van der Waals surface area contributed by atoms with Crippen molar-refractivity contribution in [3.63, 3.8) is 0 Å².